The predicted molar refractivity (Wildman–Crippen MR) is 128 cm³/mol. The molecule has 0 saturated carbocycles. The molecule has 0 spiro atoms. The summed E-state index contributed by atoms with van der Waals surface area (Å²) in [5.41, 5.74) is 6.85. The lowest BCUT2D eigenvalue weighted by Gasteiger charge is -2.26. The maximum Gasteiger partial charge on any atom is 0.258 e. The lowest BCUT2D eigenvalue weighted by Crippen LogP contribution is -2.42. The average molecular weight is 458 g/mol. The first kappa shape index (κ1) is 21.9. The maximum absolute atomic E-state index is 15.4. The highest BCUT2D eigenvalue weighted by Crippen LogP contribution is 2.35. The molecule has 1 aliphatic heterocycles. The van der Waals surface area contributed by atoms with Gasteiger partial charge in [-0.25, -0.2) is 14.4 Å². The third-order valence-electron chi connectivity index (χ3n) is 6.33. The molecule has 1 aliphatic rings. The van der Waals surface area contributed by atoms with Crippen molar-refractivity contribution in [2.24, 2.45) is 5.73 Å². The normalized spacial score (nSPS) is 16.3. The first-order valence-electron chi connectivity index (χ1n) is 11.0. The Morgan fingerprint density at radius 1 is 1.21 bits per heavy atom. The van der Waals surface area contributed by atoms with E-state index in [0.717, 1.165) is 30.9 Å². The Bertz CT molecular complexity index is 1420. The zero-order valence-corrected chi connectivity index (χ0v) is 18.6. The van der Waals surface area contributed by atoms with Gasteiger partial charge in [-0.15, -0.1) is 0 Å². The van der Waals surface area contributed by atoms with Gasteiger partial charge in [0.1, 0.15) is 11.6 Å². The minimum atomic E-state index is -2.29. The number of benzene rings is 2. The first-order chi connectivity index (χ1) is 16.4. The molecule has 4 N–H and O–H groups in total. The quantitative estimate of drug-likeness (QED) is 0.427. The van der Waals surface area contributed by atoms with Crippen molar-refractivity contribution in [3.63, 3.8) is 0 Å². The number of likely N-dealkylation sites (N-methyl/N-ethyl adjacent to an activating group) is 1. The van der Waals surface area contributed by atoms with Crippen LogP contribution in [0.2, 0.25) is 0 Å². The zero-order valence-electron chi connectivity index (χ0n) is 18.6. The van der Waals surface area contributed by atoms with E-state index < -0.39 is 17.3 Å². The fourth-order valence-electron chi connectivity index (χ4n) is 4.38. The summed E-state index contributed by atoms with van der Waals surface area (Å²) in [6.45, 7) is 1.80. The number of nitrogens with two attached hydrogens (primary N) is 1. The van der Waals surface area contributed by atoms with Crippen LogP contribution in [-0.4, -0.2) is 51.0 Å². The standard InChI is InChI=1S/C26H24FN5O2/c1-32-13-10-16(11-14-32)23-30-22-19(9-12-29-24(22)31-23)17-7-8-20(21(27)15-17)26(34,25(28)33)18-5-3-2-4-6-18/h2-10,12,15,34H,11,13-14H2,1H3,(H2,28,33)(H,29,30,31). The molecule has 2 aromatic heterocycles. The Kier molecular flexibility index (Phi) is 5.47. The molecule has 4 aromatic rings. The molecule has 0 fully saturated rings. The van der Waals surface area contributed by atoms with E-state index in [1.54, 1.807) is 36.5 Å². The Hall–Kier alpha value is -3.88. The van der Waals surface area contributed by atoms with Crippen LogP contribution in [0.3, 0.4) is 0 Å². The van der Waals surface area contributed by atoms with Gasteiger partial charge in [-0.1, -0.05) is 48.5 Å². The van der Waals surface area contributed by atoms with Crippen molar-refractivity contribution in [3.8, 4) is 11.1 Å². The molecule has 0 bridgehead atoms. The number of nitrogens with zero attached hydrogens (tertiary/aromatic N) is 3. The number of primary amides is 1. The van der Waals surface area contributed by atoms with E-state index in [2.05, 4.69) is 33.0 Å². The van der Waals surface area contributed by atoms with Crippen LogP contribution in [0.4, 0.5) is 4.39 Å². The van der Waals surface area contributed by atoms with E-state index in [-0.39, 0.29) is 11.1 Å². The van der Waals surface area contributed by atoms with Crippen LogP contribution < -0.4 is 5.73 Å². The molecular weight excluding hydrogens is 433 g/mol. The minimum absolute atomic E-state index is 0.199. The third kappa shape index (κ3) is 3.67. The Balaban J connectivity index is 1.57. The number of aromatic amines is 1. The number of amides is 1. The number of imidazole rings is 1. The smallest absolute Gasteiger partial charge is 0.258 e. The molecule has 172 valence electrons. The lowest BCUT2D eigenvalue weighted by atomic mass is 9.84. The molecule has 1 unspecified atom stereocenters. The van der Waals surface area contributed by atoms with Crippen molar-refractivity contribution >= 4 is 22.6 Å². The number of pyridine rings is 1. The number of nitrogens with one attached hydrogen (secondary N) is 1. The van der Waals surface area contributed by atoms with E-state index in [1.807, 2.05) is 0 Å². The molecule has 3 heterocycles. The molecule has 8 heteroatoms. The molecule has 34 heavy (non-hydrogen) atoms. The predicted octanol–water partition coefficient (Wildman–Crippen LogP) is 3.20. The highest BCUT2D eigenvalue weighted by Gasteiger charge is 2.40. The van der Waals surface area contributed by atoms with E-state index in [4.69, 9.17) is 5.73 Å². The van der Waals surface area contributed by atoms with Gasteiger partial charge in [-0.3, -0.25) is 4.79 Å². The topological polar surface area (TPSA) is 108 Å². The molecular formula is C26H24FN5O2. The number of H-pyrrole nitrogens is 1. The van der Waals surface area contributed by atoms with Gasteiger partial charge in [-0.05, 0) is 42.3 Å². The highest BCUT2D eigenvalue weighted by molar-refractivity contribution is 5.92. The Morgan fingerprint density at radius 3 is 2.68 bits per heavy atom. The molecule has 5 rings (SSSR count). The van der Waals surface area contributed by atoms with E-state index in [9.17, 15) is 9.90 Å². The fraction of sp³-hybridized carbons (Fsp3) is 0.192. The second kappa shape index (κ2) is 8.48. The largest absolute Gasteiger partial charge is 0.372 e. The molecule has 0 aliphatic carbocycles. The number of fused-ring (bicyclic) bond motifs is 1. The number of carbonyl (C=O) groups excluding carboxylic acids is 1. The summed E-state index contributed by atoms with van der Waals surface area (Å²) in [7, 11) is 2.07. The lowest BCUT2D eigenvalue weighted by molar-refractivity contribution is -0.133. The van der Waals surface area contributed by atoms with Crippen molar-refractivity contribution in [3.05, 3.63) is 89.6 Å². The number of carbonyl (C=O) groups is 1. The van der Waals surface area contributed by atoms with Gasteiger partial charge < -0.3 is 20.7 Å². The summed E-state index contributed by atoms with van der Waals surface area (Å²) in [4.78, 5) is 26.8. The third-order valence-corrected chi connectivity index (χ3v) is 6.33. The summed E-state index contributed by atoms with van der Waals surface area (Å²) in [5.74, 6) is -1.04. The van der Waals surface area contributed by atoms with Gasteiger partial charge in [-0.2, -0.15) is 0 Å². The van der Waals surface area contributed by atoms with Gasteiger partial charge >= 0.3 is 0 Å². The molecule has 0 saturated heterocycles. The SMILES string of the molecule is CN1CC=C(c2nc3nccc(-c4ccc(C(O)(C(N)=O)c5ccccc5)c(F)c4)c3[nH]2)CC1. The number of aliphatic hydroxyl groups is 1. The van der Waals surface area contributed by atoms with Crippen molar-refractivity contribution in [2.75, 3.05) is 20.1 Å². The monoisotopic (exact) mass is 457 g/mol. The summed E-state index contributed by atoms with van der Waals surface area (Å²) in [6, 6.07) is 14.2. The van der Waals surface area contributed by atoms with Crippen LogP contribution >= 0.6 is 0 Å². The number of hydrogen-bond donors (Lipinski definition) is 3. The van der Waals surface area contributed by atoms with Crippen molar-refractivity contribution in [2.45, 2.75) is 12.0 Å². The second-order valence-electron chi connectivity index (χ2n) is 8.52. The van der Waals surface area contributed by atoms with E-state index in [0.29, 0.717) is 22.3 Å². The zero-order chi connectivity index (χ0) is 23.9. The number of hydrogen-bond acceptors (Lipinski definition) is 5. The van der Waals surface area contributed by atoms with E-state index >= 15 is 4.39 Å². The maximum atomic E-state index is 15.4. The fourth-order valence-corrected chi connectivity index (χ4v) is 4.38. The second-order valence-corrected chi connectivity index (χ2v) is 8.52. The van der Waals surface area contributed by atoms with Gasteiger partial charge in [0, 0.05) is 30.4 Å². The van der Waals surface area contributed by atoms with Crippen LogP contribution in [-0.2, 0) is 10.4 Å². The number of aromatic nitrogens is 3. The summed E-state index contributed by atoms with van der Waals surface area (Å²) < 4.78 is 15.4. The van der Waals surface area contributed by atoms with Crippen LogP contribution in [0, 0.1) is 5.82 Å². The van der Waals surface area contributed by atoms with Crippen LogP contribution in [0.1, 0.15) is 23.4 Å². The van der Waals surface area contributed by atoms with Gasteiger partial charge in [0.25, 0.3) is 5.91 Å². The van der Waals surface area contributed by atoms with E-state index in [1.165, 1.54) is 24.3 Å². The molecule has 0 radical (unpaired) electrons. The van der Waals surface area contributed by atoms with Crippen molar-refractivity contribution < 1.29 is 14.3 Å². The molecule has 1 atom stereocenters. The number of rotatable bonds is 5. The van der Waals surface area contributed by atoms with Crippen LogP contribution in [0.25, 0.3) is 27.9 Å². The Morgan fingerprint density at radius 2 is 2.00 bits per heavy atom. The van der Waals surface area contributed by atoms with Gasteiger partial charge in [0.05, 0.1) is 5.52 Å². The summed E-state index contributed by atoms with van der Waals surface area (Å²) >= 11 is 0. The minimum Gasteiger partial charge on any atom is -0.372 e. The van der Waals surface area contributed by atoms with Gasteiger partial charge in [0.15, 0.2) is 11.2 Å². The molecule has 1 amide bonds. The Labute approximate surface area is 195 Å². The van der Waals surface area contributed by atoms with Crippen molar-refractivity contribution in [1.82, 2.24) is 19.9 Å². The number of halogens is 1. The molecule has 2 aromatic carbocycles. The highest BCUT2D eigenvalue weighted by atomic mass is 19.1. The average Bonchev–Trinajstić information content (AvgIpc) is 3.29. The van der Waals surface area contributed by atoms with Crippen LogP contribution in [0.5, 0.6) is 0 Å². The van der Waals surface area contributed by atoms with Crippen molar-refractivity contribution in [1.29, 1.82) is 0 Å². The summed E-state index contributed by atoms with van der Waals surface area (Å²) in [6.07, 6.45) is 4.64. The van der Waals surface area contributed by atoms with Gasteiger partial charge in [0.2, 0.25) is 0 Å². The molecule has 7 nitrogen and oxygen atoms in total. The van der Waals surface area contributed by atoms with Crippen LogP contribution in [0.15, 0.2) is 66.9 Å². The summed E-state index contributed by atoms with van der Waals surface area (Å²) in [5, 5.41) is 11.2. The first-order valence-corrected chi connectivity index (χ1v) is 11.0.